The van der Waals surface area contributed by atoms with E-state index in [0.29, 0.717) is 17.2 Å². The Morgan fingerprint density at radius 2 is 1.72 bits per heavy atom. The number of carbonyl (C=O) groups excluding carboxylic acids is 1. The summed E-state index contributed by atoms with van der Waals surface area (Å²) in [4.78, 5) is 11.1. The van der Waals surface area contributed by atoms with Gasteiger partial charge in [0.25, 0.3) is 0 Å². The summed E-state index contributed by atoms with van der Waals surface area (Å²) >= 11 is 0. The van der Waals surface area contributed by atoms with Gasteiger partial charge in [0.05, 0.1) is 0 Å². The molecule has 3 heteroatoms. The van der Waals surface area contributed by atoms with Crippen LogP contribution in [0.3, 0.4) is 0 Å². The van der Waals surface area contributed by atoms with Gasteiger partial charge in [-0.1, -0.05) is 24.3 Å². The van der Waals surface area contributed by atoms with Crippen molar-refractivity contribution < 1.29 is 15.0 Å². The molecule has 0 saturated carbocycles. The number of aromatic hydroxyl groups is 2. The van der Waals surface area contributed by atoms with E-state index in [0.717, 1.165) is 16.2 Å². The average molecular weight is 238 g/mol. The molecule has 0 saturated heterocycles. The van der Waals surface area contributed by atoms with E-state index in [-0.39, 0.29) is 11.5 Å². The van der Waals surface area contributed by atoms with E-state index in [1.807, 2.05) is 24.3 Å². The standard InChI is InChI=1S/C15H10O3/c16-8-10-7-9-3-1-2-4-11(9)12-5-6-13(17)15(18)14(10)12/h1-8,17-18H. The molecule has 3 nitrogen and oxygen atoms in total. The summed E-state index contributed by atoms with van der Waals surface area (Å²) in [6.45, 7) is 0. The van der Waals surface area contributed by atoms with Crippen molar-refractivity contribution in [3.8, 4) is 11.5 Å². The third kappa shape index (κ3) is 1.34. The molecular weight excluding hydrogens is 228 g/mol. The van der Waals surface area contributed by atoms with Crippen molar-refractivity contribution in [3.63, 3.8) is 0 Å². The summed E-state index contributed by atoms with van der Waals surface area (Å²) in [5.41, 5.74) is 0.372. The van der Waals surface area contributed by atoms with E-state index in [9.17, 15) is 15.0 Å². The highest BCUT2D eigenvalue weighted by Crippen LogP contribution is 2.38. The van der Waals surface area contributed by atoms with Gasteiger partial charge in [-0.05, 0) is 34.4 Å². The number of benzene rings is 3. The lowest BCUT2D eigenvalue weighted by atomic mass is 9.97. The van der Waals surface area contributed by atoms with Gasteiger partial charge in [-0.2, -0.15) is 0 Å². The number of hydrogen-bond donors (Lipinski definition) is 2. The topological polar surface area (TPSA) is 57.5 Å². The number of rotatable bonds is 1. The first-order chi connectivity index (χ1) is 8.72. The first-order valence-electron chi connectivity index (χ1n) is 5.54. The molecule has 0 aliphatic heterocycles. The van der Waals surface area contributed by atoms with Gasteiger partial charge in [0.15, 0.2) is 17.8 Å². The Balaban J connectivity index is 2.64. The van der Waals surface area contributed by atoms with Crippen molar-refractivity contribution in [3.05, 3.63) is 48.0 Å². The summed E-state index contributed by atoms with van der Waals surface area (Å²) in [6.07, 6.45) is 0.688. The maximum atomic E-state index is 11.1. The molecule has 0 amide bonds. The molecule has 3 aromatic carbocycles. The van der Waals surface area contributed by atoms with Crippen LogP contribution in [0.15, 0.2) is 42.5 Å². The Morgan fingerprint density at radius 1 is 0.944 bits per heavy atom. The van der Waals surface area contributed by atoms with Gasteiger partial charge in [0, 0.05) is 10.9 Å². The van der Waals surface area contributed by atoms with Crippen molar-refractivity contribution in [2.75, 3.05) is 0 Å². The van der Waals surface area contributed by atoms with Crippen LogP contribution in [0, 0.1) is 0 Å². The van der Waals surface area contributed by atoms with Crippen LogP contribution in [-0.2, 0) is 0 Å². The van der Waals surface area contributed by atoms with Crippen LogP contribution in [-0.4, -0.2) is 16.5 Å². The molecule has 0 radical (unpaired) electrons. The highest BCUT2D eigenvalue weighted by Gasteiger charge is 2.12. The van der Waals surface area contributed by atoms with Crippen LogP contribution in [0.25, 0.3) is 21.5 Å². The second-order valence-corrected chi connectivity index (χ2v) is 4.16. The predicted octanol–water partition coefficient (Wildman–Crippen LogP) is 3.22. The molecule has 0 aromatic heterocycles. The Kier molecular flexibility index (Phi) is 2.20. The summed E-state index contributed by atoms with van der Waals surface area (Å²) in [6, 6.07) is 12.5. The summed E-state index contributed by atoms with van der Waals surface area (Å²) in [5.74, 6) is -0.471. The van der Waals surface area contributed by atoms with Gasteiger partial charge >= 0.3 is 0 Å². The van der Waals surface area contributed by atoms with Crippen molar-refractivity contribution in [1.29, 1.82) is 0 Å². The predicted molar refractivity (Wildman–Crippen MR) is 70.2 cm³/mol. The van der Waals surface area contributed by atoms with Gasteiger partial charge in [-0.3, -0.25) is 4.79 Å². The normalized spacial score (nSPS) is 10.9. The average Bonchev–Trinajstić information content (AvgIpc) is 2.41. The number of aldehydes is 1. The van der Waals surface area contributed by atoms with Crippen LogP contribution in [0.1, 0.15) is 10.4 Å². The molecule has 0 unspecified atom stereocenters. The number of phenolic OH excluding ortho intramolecular Hbond substituents is 2. The van der Waals surface area contributed by atoms with Crippen LogP contribution in [0.2, 0.25) is 0 Å². The van der Waals surface area contributed by atoms with E-state index in [2.05, 4.69) is 0 Å². The Bertz CT molecular complexity index is 775. The van der Waals surface area contributed by atoms with E-state index in [1.165, 1.54) is 6.07 Å². The van der Waals surface area contributed by atoms with Crippen molar-refractivity contribution >= 4 is 27.8 Å². The van der Waals surface area contributed by atoms with Gasteiger partial charge in [0.1, 0.15) is 0 Å². The Morgan fingerprint density at radius 3 is 2.50 bits per heavy atom. The smallest absolute Gasteiger partial charge is 0.166 e. The largest absolute Gasteiger partial charge is 0.504 e. The van der Waals surface area contributed by atoms with E-state index < -0.39 is 0 Å². The molecule has 0 heterocycles. The summed E-state index contributed by atoms with van der Waals surface area (Å²) in [5, 5.41) is 22.5. The second-order valence-electron chi connectivity index (χ2n) is 4.16. The molecule has 3 rings (SSSR count). The minimum Gasteiger partial charge on any atom is -0.504 e. The molecule has 3 aromatic rings. The summed E-state index contributed by atoms with van der Waals surface area (Å²) < 4.78 is 0. The molecule has 88 valence electrons. The zero-order chi connectivity index (χ0) is 12.7. The molecule has 0 aliphatic carbocycles. The second kappa shape index (κ2) is 3.74. The highest BCUT2D eigenvalue weighted by molar-refractivity contribution is 6.16. The number of carbonyl (C=O) groups is 1. The zero-order valence-corrected chi connectivity index (χ0v) is 9.42. The van der Waals surface area contributed by atoms with Crippen LogP contribution >= 0.6 is 0 Å². The lowest BCUT2D eigenvalue weighted by molar-refractivity contribution is 0.112. The zero-order valence-electron chi connectivity index (χ0n) is 9.42. The van der Waals surface area contributed by atoms with Crippen molar-refractivity contribution in [2.45, 2.75) is 0 Å². The molecule has 0 atom stereocenters. The number of fused-ring (bicyclic) bond motifs is 3. The lowest BCUT2D eigenvalue weighted by Gasteiger charge is -2.09. The quantitative estimate of drug-likeness (QED) is 0.389. The van der Waals surface area contributed by atoms with Crippen molar-refractivity contribution in [1.82, 2.24) is 0 Å². The number of hydrogen-bond acceptors (Lipinski definition) is 3. The Hall–Kier alpha value is -2.55. The van der Waals surface area contributed by atoms with E-state index in [4.69, 9.17) is 0 Å². The molecule has 0 bridgehead atoms. The molecule has 2 N–H and O–H groups in total. The van der Waals surface area contributed by atoms with Gasteiger partial charge < -0.3 is 10.2 Å². The molecule has 18 heavy (non-hydrogen) atoms. The minimum absolute atomic E-state index is 0.221. The minimum atomic E-state index is -0.250. The maximum Gasteiger partial charge on any atom is 0.166 e. The molecule has 0 aliphatic rings. The maximum absolute atomic E-state index is 11.1. The number of phenols is 2. The van der Waals surface area contributed by atoms with Gasteiger partial charge in [-0.25, -0.2) is 0 Å². The van der Waals surface area contributed by atoms with Crippen LogP contribution < -0.4 is 0 Å². The SMILES string of the molecule is O=Cc1cc2ccccc2c2ccc(O)c(O)c12. The fourth-order valence-electron chi connectivity index (χ4n) is 2.30. The van der Waals surface area contributed by atoms with E-state index in [1.54, 1.807) is 12.1 Å². The van der Waals surface area contributed by atoms with Crippen LogP contribution in [0.5, 0.6) is 11.5 Å². The van der Waals surface area contributed by atoms with E-state index >= 15 is 0 Å². The molecule has 0 spiro atoms. The molecule has 0 fully saturated rings. The Labute approximate surface area is 103 Å². The third-order valence-electron chi connectivity index (χ3n) is 3.13. The fraction of sp³-hybridized carbons (Fsp3) is 0. The first-order valence-corrected chi connectivity index (χ1v) is 5.54. The lowest BCUT2D eigenvalue weighted by Crippen LogP contribution is -1.87. The highest BCUT2D eigenvalue weighted by atomic mass is 16.3. The fourth-order valence-corrected chi connectivity index (χ4v) is 2.30. The van der Waals surface area contributed by atoms with Gasteiger partial charge in [-0.15, -0.1) is 0 Å². The first kappa shape index (κ1) is 10.6. The third-order valence-corrected chi connectivity index (χ3v) is 3.13. The monoisotopic (exact) mass is 238 g/mol. The summed E-state index contributed by atoms with van der Waals surface area (Å²) in [7, 11) is 0. The van der Waals surface area contributed by atoms with Gasteiger partial charge in [0.2, 0.25) is 0 Å². The molecular formula is C15H10O3. The van der Waals surface area contributed by atoms with Crippen molar-refractivity contribution in [2.24, 2.45) is 0 Å². The van der Waals surface area contributed by atoms with Crippen LogP contribution in [0.4, 0.5) is 0 Å².